The molecule has 1 saturated carbocycles. The van der Waals surface area contributed by atoms with Gasteiger partial charge in [0.1, 0.15) is 0 Å². The minimum atomic E-state index is 0.696. The van der Waals surface area contributed by atoms with Gasteiger partial charge in [-0.1, -0.05) is 13.3 Å². The summed E-state index contributed by atoms with van der Waals surface area (Å²) in [5.41, 5.74) is 2.36. The van der Waals surface area contributed by atoms with Crippen LogP contribution in [0.4, 0.5) is 5.95 Å². The number of aryl methyl sites for hydroxylation is 1. The number of hydrogen-bond donors (Lipinski definition) is 1. The molecule has 0 aromatic carbocycles. The molecular formula is C17H28N4. The number of fused-ring (bicyclic) bond motifs is 1. The van der Waals surface area contributed by atoms with E-state index in [0.29, 0.717) is 6.04 Å². The lowest BCUT2D eigenvalue weighted by atomic mass is 9.92. The van der Waals surface area contributed by atoms with E-state index in [1.165, 1.54) is 37.7 Å². The van der Waals surface area contributed by atoms with Crippen LogP contribution >= 0.6 is 0 Å². The largest absolute Gasteiger partial charge is 0.338 e. The predicted molar refractivity (Wildman–Crippen MR) is 86.5 cm³/mol. The van der Waals surface area contributed by atoms with Crippen molar-refractivity contribution < 1.29 is 0 Å². The van der Waals surface area contributed by atoms with Gasteiger partial charge in [0.2, 0.25) is 5.95 Å². The summed E-state index contributed by atoms with van der Waals surface area (Å²) >= 11 is 0. The topological polar surface area (TPSA) is 41.1 Å². The van der Waals surface area contributed by atoms with Crippen LogP contribution in [0.1, 0.15) is 56.7 Å². The summed E-state index contributed by atoms with van der Waals surface area (Å²) in [4.78, 5) is 12.0. The number of nitrogens with zero attached hydrogens (tertiary/aromatic N) is 3. The van der Waals surface area contributed by atoms with Gasteiger partial charge in [-0.15, -0.1) is 0 Å². The number of anilines is 1. The average molecular weight is 288 g/mol. The van der Waals surface area contributed by atoms with Crippen molar-refractivity contribution in [1.29, 1.82) is 0 Å². The summed E-state index contributed by atoms with van der Waals surface area (Å²) in [6, 6.07) is 0.696. The molecule has 0 radical (unpaired) electrons. The third-order valence-electron chi connectivity index (χ3n) is 5.06. The first-order valence-electron chi connectivity index (χ1n) is 8.59. The fourth-order valence-corrected chi connectivity index (χ4v) is 3.89. The van der Waals surface area contributed by atoms with Crippen LogP contribution in [0.15, 0.2) is 6.20 Å². The molecule has 1 N–H and O–H groups in total. The molecule has 2 fully saturated rings. The van der Waals surface area contributed by atoms with E-state index in [1.807, 2.05) is 6.20 Å². The lowest BCUT2D eigenvalue weighted by Gasteiger charge is -2.37. The van der Waals surface area contributed by atoms with Crippen LogP contribution in [-0.2, 0) is 6.54 Å². The Morgan fingerprint density at radius 3 is 2.95 bits per heavy atom. The van der Waals surface area contributed by atoms with Gasteiger partial charge in [-0.05, 0) is 51.5 Å². The van der Waals surface area contributed by atoms with E-state index in [9.17, 15) is 0 Å². The number of aromatic nitrogens is 2. The molecule has 1 aromatic heterocycles. The maximum absolute atomic E-state index is 4.81. The highest BCUT2D eigenvalue weighted by molar-refractivity contribution is 5.36. The zero-order valence-electron chi connectivity index (χ0n) is 13.4. The minimum Gasteiger partial charge on any atom is -0.338 e. The summed E-state index contributed by atoms with van der Waals surface area (Å²) < 4.78 is 0. The second kappa shape index (κ2) is 6.73. The molecule has 4 heteroatoms. The SMILES string of the molecule is CCCNCc1cnc(N2CCCC3CCCC32)nc1C. The lowest BCUT2D eigenvalue weighted by Crippen LogP contribution is -2.43. The highest BCUT2D eigenvalue weighted by Crippen LogP contribution is 2.38. The number of hydrogen-bond acceptors (Lipinski definition) is 4. The lowest BCUT2D eigenvalue weighted by molar-refractivity contribution is 0.358. The van der Waals surface area contributed by atoms with Crippen molar-refractivity contribution in [3.05, 3.63) is 17.5 Å². The average Bonchev–Trinajstić information content (AvgIpc) is 2.97. The maximum atomic E-state index is 4.81. The first-order valence-corrected chi connectivity index (χ1v) is 8.59. The van der Waals surface area contributed by atoms with Crippen molar-refractivity contribution in [1.82, 2.24) is 15.3 Å². The van der Waals surface area contributed by atoms with E-state index in [2.05, 4.69) is 29.0 Å². The molecular weight excluding hydrogens is 260 g/mol. The van der Waals surface area contributed by atoms with E-state index < -0.39 is 0 Å². The zero-order valence-corrected chi connectivity index (χ0v) is 13.4. The van der Waals surface area contributed by atoms with Crippen molar-refractivity contribution in [3.63, 3.8) is 0 Å². The van der Waals surface area contributed by atoms with E-state index in [4.69, 9.17) is 4.98 Å². The first-order chi connectivity index (χ1) is 10.3. The van der Waals surface area contributed by atoms with Gasteiger partial charge in [-0.3, -0.25) is 0 Å². The standard InChI is InChI=1S/C17H28N4/c1-3-9-18-11-15-12-19-17(20-13(15)2)21-10-5-7-14-6-4-8-16(14)21/h12,14,16,18H,3-11H2,1-2H3. The molecule has 21 heavy (non-hydrogen) atoms. The second-order valence-corrected chi connectivity index (χ2v) is 6.55. The Balaban J connectivity index is 1.72. The zero-order chi connectivity index (χ0) is 14.7. The molecule has 0 amide bonds. The van der Waals surface area contributed by atoms with Gasteiger partial charge in [0.15, 0.2) is 0 Å². The van der Waals surface area contributed by atoms with Crippen LogP contribution in [0, 0.1) is 12.8 Å². The molecule has 1 saturated heterocycles. The normalized spacial score (nSPS) is 25.1. The van der Waals surface area contributed by atoms with E-state index >= 15 is 0 Å². The summed E-state index contributed by atoms with van der Waals surface area (Å²) in [6.07, 6.45) is 9.99. The smallest absolute Gasteiger partial charge is 0.225 e. The van der Waals surface area contributed by atoms with E-state index in [1.54, 1.807) is 0 Å². The predicted octanol–water partition coefficient (Wildman–Crippen LogP) is 3.05. The van der Waals surface area contributed by atoms with Crippen molar-refractivity contribution in [2.24, 2.45) is 5.92 Å². The molecule has 3 rings (SSSR count). The van der Waals surface area contributed by atoms with Gasteiger partial charge >= 0.3 is 0 Å². The van der Waals surface area contributed by atoms with Crippen LogP contribution in [0.3, 0.4) is 0 Å². The Hall–Kier alpha value is -1.16. The molecule has 2 unspecified atom stereocenters. The number of piperidine rings is 1. The molecule has 1 aromatic rings. The molecule has 4 nitrogen and oxygen atoms in total. The fourth-order valence-electron chi connectivity index (χ4n) is 3.89. The third kappa shape index (κ3) is 3.20. The summed E-state index contributed by atoms with van der Waals surface area (Å²) in [7, 11) is 0. The minimum absolute atomic E-state index is 0.696. The van der Waals surface area contributed by atoms with Crippen LogP contribution in [0.5, 0.6) is 0 Å². The van der Waals surface area contributed by atoms with Crippen LogP contribution in [0.2, 0.25) is 0 Å². The van der Waals surface area contributed by atoms with Gasteiger partial charge < -0.3 is 10.2 Å². The van der Waals surface area contributed by atoms with Gasteiger partial charge in [-0.2, -0.15) is 0 Å². The van der Waals surface area contributed by atoms with Gasteiger partial charge in [0.05, 0.1) is 0 Å². The van der Waals surface area contributed by atoms with Gasteiger partial charge in [0.25, 0.3) is 0 Å². The van der Waals surface area contributed by atoms with Crippen molar-refractivity contribution in [2.45, 2.75) is 65.0 Å². The molecule has 0 spiro atoms. The van der Waals surface area contributed by atoms with Crippen LogP contribution < -0.4 is 10.2 Å². The number of rotatable bonds is 5. The highest BCUT2D eigenvalue weighted by atomic mass is 15.3. The van der Waals surface area contributed by atoms with Gasteiger partial charge in [-0.25, -0.2) is 9.97 Å². The summed E-state index contributed by atoms with van der Waals surface area (Å²) in [5, 5.41) is 3.43. The molecule has 0 bridgehead atoms. The summed E-state index contributed by atoms with van der Waals surface area (Å²) in [6.45, 7) is 7.37. The molecule has 2 heterocycles. The van der Waals surface area contributed by atoms with Crippen molar-refractivity contribution in [3.8, 4) is 0 Å². The van der Waals surface area contributed by atoms with Crippen molar-refractivity contribution in [2.75, 3.05) is 18.0 Å². The Morgan fingerprint density at radius 1 is 1.29 bits per heavy atom. The van der Waals surface area contributed by atoms with Gasteiger partial charge in [0, 0.05) is 36.6 Å². The first kappa shape index (κ1) is 14.8. The third-order valence-corrected chi connectivity index (χ3v) is 5.06. The van der Waals surface area contributed by atoms with E-state index in [0.717, 1.165) is 43.6 Å². The van der Waals surface area contributed by atoms with E-state index in [-0.39, 0.29) is 0 Å². The van der Waals surface area contributed by atoms with Crippen molar-refractivity contribution >= 4 is 5.95 Å². The molecule has 1 aliphatic heterocycles. The Kier molecular flexibility index (Phi) is 4.73. The maximum Gasteiger partial charge on any atom is 0.225 e. The fraction of sp³-hybridized carbons (Fsp3) is 0.765. The Bertz CT molecular complexity index is 474. The van der Waals surface area contributed by atoms with Crippen LogP contribution in [-0.4, -0.2) is 29.1 Å². The number of nitrogens with one attached hydrogen (secondary N) is 1. The molecule has 2 aliphatic rings. The quantitative estimate of drug-likeness (QED) is 0.846. The van der Waals surface area contributed by atoms with Crippen LogP contribution in [0.25, 0.3) is 0 Å². The molecule has 116 valence electrons. The Morgan fingerprint density at radius 2 is 2.14 bits per heavy atom. The molecule has 2 atom stereocenters. The second-order valence-electron chi connectivity index (χ2n) is 6.55. The highest BCUT2D eigenvalue weighted by Gasteiger charge is 2.36. The monoisotopic (exact) mass is 288 g/mol. The molecule has 1 aliphatic carbocycles. The Labute approximate surface area is 128 Å². The summed E-state index contributed by atoms with van der Waals surface area (Å²) in [5.74, 6) is 1.84.